The maximum atomic E-state index is 5.77. The molecule has 1 aliphatic rings. The Morgan fingerprint density at radius 2 is 2.26 bits per heavy atom. The molecule has 0 aliphatic carbocycles. The quantitative estimate of drug-likeness (QED) is 0.835. The van der Waals surface area contributed by atoms with Crippen LogP contribution in [0, 0.1) is 0 Å². The van der Waals surface area contributed by atoms with Crippen molar-refractivity contribution in [1.82, 2.24) is 15.5 Å². The molecule has 1 saturated heterocycles. The zero-order valence-electron chi connectivity index (χ0n) is 12.0. The highest BCUT2D eigenvalue weighted by Crippen LogP contribution is 2.24. The summed E-state index contributed by atoms with van der Waals surface area (Å²) in [6.07, 6.45) is 7.16. The van der Waals surface area contributed by atoms with Crippen molar-refractivity contribution < 1.29 is 4.74 Å². The minimum absolute atomic E-state index is 0.359. The van der Waals surface area contributed by atoms with Gasteiger partial charge in [0.05, 0.1) is 12.1 Å². The fraction of sp³-hybridized carbons (Fsp3) is 0.857. The van der Waals surface area contributed by atoms with Gasteiger partial charge in [-0.15, -0.1) is 10.2 Å². The minimum Gasteiger partial charge on any atom is -0.378 e. The third-order valence-corrected chi connectivity index (χ3v) is 4.57. The zero-order chi connectivity index (χ0) is 13.5. The number of aromatic nitrogens is 2. The number of rotatable bonds is 7. The van der Waals surface area contributed by atoms with E-state index in [1.807, 2.05) is 0 Å². The largest absolute Gasteiger partial charge is 0.378 e. The van der Waals surface area contributed by atoms with Crippen molar-refractivity contribution in [3.05, 3.63) is 10.0 Å². The first-order chi connectivity index (χ1) is 9.33. The molecule has 0 aromatic carbocycles. The van der Waals surface area contributed by atoms with Crippen molar-refractivity contribution in [2.75, 3.05) is 13.2 Å². The molecule has 1 fully saturated rings. The number of hydrogen-bond acceptors (Lipinski definition) is 5. The first-order valence-corrected chi connectivity index (χ1v) is 8.32. The lowest BCUT2D eigenvalue weighted by Gasteiger charge is -2.21. The van der Waals surface area contributed by atoms with Crippen LogP contribution < -0.4 is 5.32 Å². The molecule has 1 N–H and O–H groups in total. The molecule has 4 nitrogen and oxygen atoms in total. The van der Waals surface area contributed by atoms with E-state index in [4.69, 9.17) is 4.74 Å². The van der Waals surface area contributed by atoms with Gasteiger partial charge in [-0.05, 0) is 38.6 Å². The Balaban J connectivity index is 1.89. The first-order valence-electron chi connectivity index (χ1n) is 7.50. The van der Waals surface area contributed by atoms with Crippen LogP contribution in [0.1, 0.15) is 62.0 Å². The van der Waals surface area contributed by atoms with E-state index < -0.39 is 0 Å². The van der Waals surface area contributed by atoms with Crippen LogP contribution in [-0.2, 0) is 11.2 Å². The molecule has 0 amide bonds. The summed E-state index contributed by atoms with van der Waals surface area (Å²) in [5.74, 6) is 0. The third kappa shape index (κ3) is 4.51. The molecule has 19 heavy (non-hydrogen) atoms. The highest BCUT2D eigenvalue weighted by Gasteiger charge is 2.19. The Kier molecular flexibility index (Phi) is 6.20. The number of nitrogens with zero attached hydrogens (tertiary/aromatic N) is 2. The Morgan fingerprint density at radius 1 is 1.37 bits per heavy atom. The fourth-order valence-electron chi connectivity index (χ4n) is 2.38. The van der Waals surface area contributed by atoms with Crippen LogP contribution in [-0.4, -0.2) is 29.5 Å². The molecule has 1 aromatic heterocycles. The minimum atomic E-state index is 0.359. The highest BCUT2D eigenvalue weighted by molar-refractivity contribution is 7.11. The third-order valence-electron chi connectivity index (χ3n) is 3.51. The van der Waals surface area contributed by atoms with Gasteiger partial charge in [0.15, 0.2) is 0 Å². The average molecular weight is 283 g/mol. The molecular formula is C14H25N3OS. The topological polar surface area (TPSA) is 47.0 Å². The van der Waals surface area contributed by atoms with E-state index in [-0.39, 0.29) is 0 Å². The van der Waals surface area contributed by atoms with Crippen LogP contribution in [0.4, 0.5) is 0 Å². The van der Waals surface area contributed by atoms with Gasteiger partial charge in [-0.1, -0.05) is 25.2 Å². The van der Waals surface area contributed by atoms with E-state index in [0.717, 1.165) is 42.4 Å². The summed E-state index contributed by atoms with van der Waals surface area (Å²) >= 11 is 1.74. The summed E-state index contributed by atoms with van der Waals surface area (Å²) in [5, 5.41) is 14.5. The van der Waals surface area contributed by atoms with E-state index in [2.05, 4.69) is 29.4 Å². The summed E-state index contributed by atoms with van der Waals surface area (Å²) in [4.78, 5) is 0. The predicted molar refractivity (Wildman–Crippen MR) is 78.5 cm³/mol. The lowest BCUT2D eigenvalue weighted by molar-refractivity contribution is 0.0167. The molecule has 2 heterocycles. The van der Waals surface area contributed by atoms with Gasteiger partial charge in [0, 0.05) is 13.0 Å². The second kappa shape index (κ2) is 7.92. The highest BCUT2D eigenvalue weighted by atomic mass is 32.1. The molecule has 0 radical (unpaired) electrons. The SMILES string of the molecule is CCCNC(CC)c1nnc(CC2CCCCO2)s1. The molecule has 0 spiro atoms. The van der Waals surface area contributed by atoms with Crippen LogP contribution in [0.15, 0.2) is 0 Å². The van der Waals surface area contributed by atoms with Crippen LogP contribution in [0.3, 0.4) is 0 Å². The van der Waals surface area contributed by atoms with Gasteiger partial charge in [0.25, 0.3) is 0 Å². The van der Waals surface area contributed by atoms with Crippen LogP contribution >= 0.6 is 11.3 Å². The monoisotopic (exact) mass is 283 g/mol. The van der Waals surface area contributed by atoms with E-state index in [9.17, 15) is 0 Å². The van der Waals surface area contributed by atoms with Crippen LogP contribution in [0.25, 0.3) is 0 Å². The normalized spacial score (nSPS) is 21.5. The van der Waals surface area contributed by atoms with Crippen molar-refractivity contribution >= 4 is 11.3 Å². The van der Waals surface area contributed by atoms with Gasteiger partial charge in [-0.3, -0.25) is 0 Å². The van der Waals surface area contributed by atoms with E-state index >= 15 is 0 Å². The number of ether oxygens (including phenoxy) is 1. The number of nitrogens with one attached hydrogen (secondary N) is 1. The molecule has 108 valence electrons. The lowest BCUT2D eigenvalue weighted by Crippen LogP contribution is -2.21. The van der Waals surface area contributed by atoms with Crippen molar-refractivity contribution in [3.63, 3.8) is 0 Å². The van der Waals surface area contributed by atoms with Gasteiger partial charge in [0.1, 0.15) is 10.0 Å². The molecule has 5 heteroatoms. The zero-order valence-corrected chi connectivity index (χ0v) is 12.8. The Morgan fingerprint density at radius 3 is 2.95 bits per heavy atom. The summed E-state index contributed by atoms with van der Waals surface area (Å²) < 4.78 is 5.77. The molecule has 1 aliphatic heterocycles. The van der Waals surface area contributed by atoms with Gasteiger partial charge in [-0.25, -0.2) is 0 Å². The Labute approximate surface area is 120 Å². The summed E-state index contributed by atoms with van der Waals surface area (Å²) in [6, 6.07) is 0.360. The summed E-state index contributed by atoms with van der Waals surface area (Å²) in [6.45, 7) is 6.33. The smallest absolute Gasteiger partial charge is 0.134 e. The standard InChI is InChI=1S/C14H25N3OS/c1-3-8-15-12(4-2)14-17-16-13(19-14)10-11-7-5-6-9-18-11/h11-12,15H,3-10H2,1-2H3. The second-order valence-electron chi connectivity index (χ2n) is 5.14. The van der Waals surface area contributed by atoms with Crippen molar-refractivity contribution in [2.45, 2.75) is 64.5 Å². The predicted octanol–water partition coefficient (Wildman–Crippen LogP) is 3.10. The van der Waals surface area contributed by atoms with Crippen LogP contribution in [0.2, 0.25) is 0 Å². The first kappa shape index (κ1) is 14.9. The summed E-state index contributed by atoms with van der Waals surface area (Å²) in [7, 11) is 0. The van der Waals surface area contributed by atoms with E-state index in [0.29, 0.717) is 12.1 Å². The van der Waals surface area contributed by atoms with Gasteiger partial charge >= 0.3 is 0 Å². The fourth-order valence-corrected chi connectivity index (χ4v) is 3.44. The molecule has 1 aromatic rings. The van der Waals surface area contributed by atoms with Crippen molar-refractivity contribution in [2.24, 2.45) is 0 Å². The molecule has 0 saturated carbocycles. The van der Waals surface area contributed by atoms with Gasteiger partial charge < -0.3 is 10.1 Å². The van der Waals surface area contributed by atoms with Crippen LogP contribution in [0.5, 0.6) is 0 Å². The van der Waals surface area contributed by atoms with E-state index in [1.165, 1.54) is 19.3 Å². The molecule has 2 rings (SSSR count). The van der Waals surface area contributed by atoms with Crippen molar-refractivity contribution in [3.8, 4) is 0 Å². The molecule has 2 atom stereocenters. The maximum Gasteiger partial charge on any atom is 0.134 e. The molecular weight excluding hydrogens is 258 g/mol. The maximum absolute atomic E-state index is 5.77. The average Bonchev–Trinajstić information content (AvgIpc) is 2.89. The van der Waals surface area contributed by atoms with Gasteiger partial charge in [-0.2, -0.15) is 0 Å². The molecule has 0 bridgehead atoms. The Hall–Kier alpha value is -0.520. The van der Waals surface area contributed by atoms with E-state index in [1.54, 1.807) is 11.3 Å². The number of hydrogen-bond donors (Lipinski definition) is 1. The lowest BCUT2D eigenvalue weighted by atomic mass is 10.1. The molecule has 2 unspecified atom stereocenters. The Bertz CT molecular complexity index is 363. The van der Waals surface area contributed by atoms with Gasteiger partial charge in [0.2, 0.25) is 0 Å². The summed E-state index contributed by atoms with van der Waals surface area (Å²) in [5.41, 5.74) is 0. The van der Waals surface area contributed by atoms with Crippen molar-refractivity contribution in [1.29, 1.82) is 0 Å². The second-order valence-corrected chi connectivity index (χ2v) is 6.24.